The minimum atomic E-state index is -0.247. The normalized spacial score (nSPS) is 11.6. The molecular weight excluding hydrogens is 1720 g/mol. The molecule has 16 rings (SSSR count). The van der Waals surface area contributed by atoms with Gasteiger partial charge in [0.1, 0.15) is 108 Å². The lowest BCUT2D eigenvalue weighted by molar-refractivity contribution is -0.143. The lowest BCUT2D eigenvalue weighted by Gasteiger charge is -2.22. The van der Waals surface area contributed by atoms with Crippen molar-refractivity contribution >= 4 is 62.3 Å². The highest BCUT2D eigenvalue weighted by Gasteiger charge is 2.33. The lowest BCUT2D eigenvalue weighted by atomic mass is 9.84. The van der Waals surface area contributed by atoms with Gasteiger partial charge in [0, 0.05) is 61.9 Å². The van der Waals surface area contributed by atoms with Crippen LogP contribution in [-0.2, 0) is 33.2 Å². The van der Waals surface area contributed by atoms with Crippen LogP contribution in [0.2, 0.25) is 10.0 Å². The molecule has 9 aromatic carbocycles. The highest BCUT2D eigenvalue weighted by atomic mass is 35.5. The van der Waals surface area contributed by atoms with Gasteiger partial charge in [-0.25, -0.2) is 15.0 Å². The molecule has 7 aromatic heterocycles. The van der Waals surface area contributed by atoms with Gasteiger partial charge in [-0.2, -0.15) is 0 Å². The summed E-state index contributed by atoms with van der Waals surface area (Å²) in [6.45, 7) is 31.3. The largest absolute Gasteiger partial charge is 0.507 e. The van der Waals surface area contributed by atoms with Crippen molar-refractivity contribution < 1.29 is 58.3 Å². The van der Waals surface area contributed by atoms with Gasteiger partial charge in [-0.3, -0.25) is 4.79 Å². The summed E-state index contributed by atoms with van der Waals surface area (Å²) in [5.41, 5.74) is 16.2. The first-order chi connectivity index (χ1) is 64.7. The third-order valence-corrected chi connectivity index (χ3v) is 24.3. The Bertz CT molecular complexity index is 6770. The van der Waals surface area contributed by atoms with Gasteiger partial charge in [-0.15, -0.1) is 42.2 Å². The van der Waals surface area contributed by atoms with Crippen molar-refractivity contribution in [3.8, 4) is 139 Å². The van der Waals surface area contributed by atoms with Crippen LogP contribution >= 0.6 is 23.2 Å². The molecule has 0 aliphatic rings. The predicted octanol–water partition coefficient (Wildman–Crippen LogP) is 27.1. The molecule has 0 radical (unpaired) electrons. The summed E-state index contributed by atoms with van der Waals surface area (Å²) in [6, 6.07) is 47.4. The number of esters is 1. The summed E-state index contributed by atoms with van der Waals surface area (Å²) >= 11 is 12.2. The summed E-state index contributed by atoms with van der Waals surface area (Å²) in [4.78, 5) is 32.5. The van der Waals surface area contributed by atoms with E-state index in [1.54, 1.807) is 37.3 Å². The summed E-state index contributed by atoms with van der Waals surface area (Å²) < 4.78 is 41.0. The van der Waals surface area contributed by atoms with Crippen LogP contribution in [0.4, 0.5) is 0 Å². The van der Waals surface area contributed by atoms with Crippen LogP contribution in [0.25, 0.3) is 84.3 Å². The molecular formula is C109H136Cl2N12O11. The molecule has 23 nitrogen and oxygen atoms in total. The van der Waals surface area contributed by atoms with Gasteiger partial charge in [-0.1, -0.05) is 245 Å². The maximum absolute atomic E-state index is 12.3. The van der Waals surface area contributed by atoms with E-state index in [2.05, 4.69) is 187 Å². The van der Waals surface area contributed by atoms with Crippen LogP contribution in [0.3, 0.4) is 0 Å². The zero-order chi connectivity index (χ0) is 95.3. The van der Waals surface area contributed by atoms with E-state index in [4.69, 9.17) is 56.9 Å². The van der Waals surface area contributed by atoms with Crippen molar-refractivity contribution in [3.05, 3.63) is 195 Å². The number of halogens is 2. The predicted molar refractivity (Wildman–Crippen MR) is 543 cm³/mol. The first kappa shape index (κ1) is 98.6. The number of hydrogen-bond donors (Lipinski definition) is 5. The number of benzene rings is 9. The Labute approximate surface area is 801 Å². The molecule has 0 fully saturated rings. The monoisotopic (exact) mass is 1860 g/mol. The molecule has 0 saturated carbocycles. The molecule has 0 spiro atoms. The number of nitrogens with zero attached hydrogens (tertiary/aromatic N) is 12. The van der Waals surface area contributed by atoms with Gasteiger partial charge >= 0.3 is 5.97 Å². The minimum Gasteiger partial charge on any atom is -0.507 e. The Kier molecular flexibility index (Phi) is 33.6. The molecule has 0 amide bonds. The number of aryl methyl sites for hydroxylation is 4. The molecule has 0 aliphatic carbocycles. The quantitative estimate of drug-likeness (QED) is 0.0136. The van der Waals surface area contributed by atoms with E-state index in [1.165, 1.54) is 106 Å². The average molecular weight is 1860 g/mol. The van der Waals surface area contributed by atoms with Gasteiger partial charge in [0.2, 0.25) is 0 Å². The zero-order valence-electron chi connectivity index (χ0n) is 80.2. The van der Waals surface area contributed by atoms with Crippen LogP contribution in [0.1, 0.15) is 268 Å². The van der Waals surface area contributed by atoms with E-state index >= 15 is 0 Å². The Morgan fingerprint density at radius 2 is 0.813 bits per heavy atom. The van der Waals surface area contributed by atoms with Crippen molar-refractivity contribution in [2.75, 3.05) is 26.4 Å². The Morgan fingerprint density at radius 1 is 0.396 bits per heavy atom. The maximum atomic E-state index is 12.3. The van der Waals surface area contributed by atoms with E-state index in [0.717, 1.165) is 125 Å². The van der Waals surface area contributed by atoms with Crippen LogP contribution in [0, 0.1) is 49.6 Å². The van der Waals surface area contributed by atoms with Crippen molar-refractivity contribution in [1.82, 2.24) is 57.1 Å². The third kappa shape index (κ3) is 24.2. The first-order valence-corrected chi connectivity index (χ1v) is 48.6. The van der Waals surface area contributed by atoms with Crippen molar-refractivity contribution in [2.45, 2.75) is 268 Å². The maximum Gasteiger partial charge on any atom is 0.306 e. The number of ether oxygens (including phenoxy) is 5. The second-order valence-electron chi connectivity index (χ2n) is 36.6. The first-order valence-electron chi connectivity index (χ1n) is 47.8. The number of unbranched alkanes of at least 4 members (excludes halogenated alkanes) is 17. The standard InChI is InChI=1S/C40H41N3O6.C27H36ClN3O3.C25H35N3O.C17H18ClN3O.3H2/c1-5-9-13-14-15-25-48-30-17-20-33(36(45)27-30)39-41-38(32-19-16-29(26-35(32)44)46-22-10-6-2)42-40(43-39)34-21-18-31(47-23-11-7-3)28-37(34)49-24-12-8-4;1-5-6-7-8-9-10-15-34-25(32)14-11-19-16-21(27(2,3)4)26(33)24(17-19)31-29-22-13-12-20(28)18-23(22)30(29)31;1-3-4-5-6-7-8-9-10-11-12-15-21-18-20(2)19-24(25(21)29)28-26-22-16-13-14-17-23(22)27(26)28;1-10-7-12(17(2,3)4)16(22)15(8-10)21-19-13-6-5-11(18)9-14(13)20(19)21;;;/h16-21,26-28,44-45H,6-8,10-12,22-24H2,1-4H3;12-13,16-18,33H,5-11,14-15H2,1-4H3;13-14,16-19,29H,3-12,15H2,1-2H3;5-9,22H,1-4H3;3*1H. The molecule has 0 bridgehead atoms. The van der Waals surface area contributed by atoms with Crippen LogP contribution < -0.4 is 18.9 Å². The summed E-state index contributed by atoms with van der Waals surface area (Å²) in [7, 11) is 0. The fourth-order valence-corrected chi connectivity index (χ4v) is 16.7. The number of aromatic nitrogens is 12. The molecule has 0 saturated heterocycles. The molecule has 16 aromatic rings. The van der Waals surface area contributed by atoms with Crippen LogP contribution in [-0.4, -0.2) is 115 Å². The summed E-state index contributed by atoms with van der Waals surface area (Å²) in [5, 5.41) is 56.4. The van der Waals surface area contributed by atoms with Crippen LogP contribution in [0.5, 0.6) is 51.7 Å². The molecule has 7 heterocycles. The molecule has 0 aliphatic heterocycles. The van der Waals surface area contributed by atoms with Crippen molar-refractivity contribution in [3.63, 3.8) is 0 Å². The van der Waals surface area contributed by atoms with E-state index < -0.39 is 0 Å². The van der Waals surface area contributed by atoms with Gasteiger partial charge in [0.15, 0.2) is 17.5 Å². The number of aromatic hydroxyl groups is 5. The number of hydrogen-bond acceptors (Lipinski definition) is 14. The fraction of sp³-hybridized carbons (Fsp3) is 0.413. The summed E-state index contributed by atoms with van der Waals surface area (Å²) in [6.07, 6.45) is 30.4. The Morgan fingerprint density at radius 3 is 1.32 bits per heavy atom. The number of phenolic OH excluding ortho intramolecular Hbond substituents is 5. The third-order valence-electron chi connectivity index (χ3n) is 23.8. The average Bonchev–Trinajstić information content (AvgIpc) is 1.52. The smallest absolute Gasteiger partial charge is 0.306 e. The van der Waals surface area contributed by atoms with Gasteiger partial charge in [0.25, 0.3) is 0 Å². The number of fused-ring (bicyclic) bond motifs is 12. The van der Waals surface area contributed by atoms with E-state index in [0.29, 0.717) is 106 Å². The van der Waals surface area contributed by atoms with E-state index in [1.807, 2.05) is 101 Å². The minimum absolute atomic E-state index is 0. The van der Waals surface area contributed by atoms with Crippen molar-refractivity contribution in [1.29, 1.82) is 0 Å². The highest BCUT2D eigenvalue weighted by Crippen LogP contribution is 2.45. The molecule has 25 heteroatoms. The number of rotatable bonds is 40. The Balaban J connectivity index is 0.000000194. The zero-order valence-corrected chi connectivity index (χ0v) is 81.8. The number of para-hydroxylation sites is 2. The second-order valence-corrected chi connectivity index (χ2v) is 37.5. The van der Waals surface area contributed by atoms with Crippen LogP contribution in [0.15, 0.2) is 152 Å². The van der Waals surface area contributed by atoms with E-state index in [9.17, 15) is 30.3 Å². The number of carbonyl (C=O) groups excluding carboxylic acids is 1. The second kappa shape index (κ2) is 45.7. The lowest BCUT2D eigenvalue weighted by Crippen LogP contribution is -2.13. The summed E-state index contributed by atoms with van der Waals surface area (Å²) in [5.74, 6) is 16.3. The molecule has 0 unspecified atom stereocenters. The SMILES string of the molecule is CC#CC#CC#COc1ccc(-c2nc(-c3ccc(OCCCC)cc3O)nc(-c3ccc(OCCCC)cc3OCCCC)n2)c(O)c1.CCCCCCCCCCCCc1cc(C)cc(-n2n3c4ccccc4n23)c1O.CCCCCCCCOC(=O)CCc1cc(-n2n3c4ccc(Cl)cc4n23)c(O)c(C(C)(C)C)c1.Cc1cc(-n2n3c4ccc(Cl)cc4n23)c(O)c(C(C)(C)C)c1.[HH].[HH].[HH]. The van der Waals surface area contributed by atoms with Gasteiger partial charge in [-0.05, 0) is 214 Å². The highest BCUT2D eigenvalue weighted by molar-refractivity contribution is 6.31. The number of phenols is 5. The van der Waals surface area contributed by atoms with E-state index in [-0.39, 0.29) is 55.8 Å². The van der Waals surface area contributed by atoms with Crippen molar-refractivity contribution in [2.24, 2.45) is 0 Å². The Hall–Kier alpha value is -12.9. The number of carbonyl (C=O) groups is 1. The molecule has 5 N–H and O–H groups in total. The van der Waals surface area contributed by atoms with Gasteiger partial charge in [0.05, 0.1) is 43.1 Å². The topological polar surface area (TPSA) is 244 Å². The molecule has 0 atom stereocenters. The molecule has 134 heavy (non-hydrogen) atoms. The van der Waals surface area contributed by atoms with Gasteiger partial charge < -0.3 is 49.2 Å². The molecule has 712 valence electrons. The fourth-order valence-electron chi connectivity index (χ4n) is 16.4.